The maximum Gasteiger partial charge on any atom is 1.00 e. The predicted octanol–water partition coefficient (Wildman–Crippen LogP) is -0.296. The topological polar surface area (TPSA) is 0 Å². The largest absolute Gasteiger partial charge is 1.00 e. The molecule has 0 spiro atoms. The molecule has 9 heavy (non-hydrogen) atoms. The Balaban J connectivity index is 0.000000640. The molecule has 0 nitrogen and oxygen atoms in total. The Hall–Kier alpha value is 0.337. The van der Waals surface area contributed by atoms with Crippen LogP contribution in [0.5, 0.6) is 0 Å². The van der Waals surface area contributed by atoms with Gasteiger partial charge in [0, 0.05) is 0 Å². The summed E-state index contributed by atoms with van der Waals surface area (Å²) in [7, 11) is 0. The molecule has 0 saturated heterocycles. The molecule has 0 aliphatic heterocycles. The second-order valence-electron chi connectivity index (χ2n) is 2.36. The summed E-state index contributed by atoms with van der Waals surface area (Å²) in [5, 5.41) is 0. The van der Waals surface area contributed by atoms with Crippen molar-refractivity contribution in [3.63, 3.8) is 0 Å². The van der Waals surface area contributed by atoms with Gasteiger partial charge in [-0.25, -0.2) is 0 Å². The van der Waals surface area contributed by atoms with Crippen LogP contribution in [0.1, 0.15) is 38.5 Å². The molecule has 0 aromatic rings. The monoisotopic (exact) mass is 116 g/mol. The molecule has 0 bridgehead atoms. The fraction of sp³-hybridized carbons (Fsp3) is 0.750. The zero-order valence-corrected chi connectivity index (χ0v) is 6.32. The molecule has 1 rings (SSSR count). The first-order chi connectivity index (χ1) is 4.00. The third kappa shape index (κ3) is 4.82. The molecule has 0 N–H and O–H groups in total. The van der Waals surface area contributed by atoms with Crippen molar-refractivity contribution in [1.29, 1.82) is 0 Å². The van der Waals surface area contributed by atoms with E-state index in [0.29, 0.717) is 0 Å². The predicted molar refractivity (Wildman–Crippen MR) is 35.5 cm³/mol. The molecule has 1 aliphatic carbocycles. The van der Waals surface area contributed by atoms with Crippen LogP contribution < -0.4 is 18.9 Å². The van der Waals surface area contributed by atoms with Gasteiger partial charge in [-0.1, -0.05) is 32.1 Å². The van der Waals surface area contributed by atoms with Crippen LogP contribution in [-0.4, -0.2) is 0 Å². The summed E-state index contributed by atoms with van der Waals surface area (Å²) in [5.74, 6) is 0. The molecule has 1 aliphatic rings. The van der Waals surface area contributed by atoms with Gasteiger partial charge in [-0.15, -0.1) is 0 Å². The average Bonchev–Trinajstić information content (AvgIpc) is 1.62. The quantitative estimate of drug-likeness (QED) is 0.301. The van der Waals surface area contributed by atoms with Crippen LogP contribution in [0.3, 0.4) is 0 Å². The zero-order valence-electron chi connectivity index (χ0n) is 6.32. The van der Waals surface area contributed by atoms with Gasteiger partial charge in [-0.2, -0.15) is 6.42 Å². The average molecular weight is 116 g/mol. The van der Waals surface area contributed by atoms with Crippen molar-refractivity contribution in [3.05, 3.63) is 12.2 Å². The number of rotatable bonds is 0. The second kappa shape index (κ2) is 6.46. The molecule has 0 aromatic carbocycles. The van der Waals surface area contributed by atoms with Crippen LogP contribution in [0.2, 0.25) is 0 Å². The Kier molecular flexibility index (Phi) is 6.70. The van der Waals surface area contributed by atoms with Crippen molar-refractivity contribution >= 4 is 0 Å². The van der Waals surface area contributed by atoms with Crippen LogP contribution in [-0.2, 0) is 0 Å². The zero-order chi connectivity index (χ0) is 5.66. The molecule has 0 saturated carbocycles. The van der Waals surface area contributed by atoms with Crippen LogP contribution in [0, 0.1) is 6.08 Å². The summed E-state index contributed by atoms with van der Waals surface area (Å²) in [5.41, 5.74) is 0. The Morgan fingerprint density at radius 2 is 1.78 bits per heavy atom. The van der Waals surface area contributed by atoms with E-state index in [1.807, 2.05) is 0 Å². The van der Waals surface area contributed by atoms with Gasteiger partial charge in [0.15, 0.2) is 0 Å². The number of hydrogen-bond acceptors (Lipinski definition) is 0. The molecule has 0 atom stereocenters. The van der Waals surface area contributed by atoms with Crippen LogP contribution >= 0.6 is 0 Å². The summed E-state index contributed by atoms with van der Waals surface area (Å²) in [6.45, 7) is 0. The van der Waals surface area contributed by atoms with Crippen LogP contribution in [0.15, 0.2) is 6.08 Å². The first-order valence-corrected chi connectivity index (χ1v) is 3.55. The van der Waals surface area contributed by atoms with E-state index < -0.39 is 0 Å². The summed E-state index contributed by atoms with van der Waals surface area (Å²) in [6.07, 6.45) is 13.5. The van der Waals surface area contributed by atoms with E-state index in [1.165, 1.54) is 38.5 Å². The van der Waals surface area contributed by atoms with E-state index in [2.05, 4.69) is 12.2 Å². The van der Waals surface area contributed by atoms with Crippen LogP contribution in [0.4, 0.5) is 0 Å². The van der Waals surface area contributed by atoms with Crippen molar-refractivity contribution in [2.24, 2.45) is 0 Å². The molecule has 0 fully saturated rings. The first-order valence-electron chi connectivity index (χ1n) is 3.55. The molecule has 46 valence electrons. The van der Waals surface area contributed by atoms with Crippen molar-refractivity contribution in [3.8, 4) is 0 Å². The summed E-state index contributed by atoms with van der Waals surface area (Å²) >= 11 is 0. The summed E-state index contributed by atoms with van der Waals surface area (Å²) in [4.78, 5) is 0. The van der Waals surface area contributed by atoms with E-state index in [9.17, 15) is 0 Å². The van der Waals surface area contributed by atoms with Gasteiger partial charge >= 0.3 is 18.9 Å². The van der Waals surface area contributed by atoms with E-state index in [1.54, 1.807) is 0 Å². The molecule has 0 amide bonds. The SMILES string of the molecule is [C-]1=CCCCCCC1.[Li+]. The minimum absolute atomic E-state index is 0. The second-order valence-corrected chi connectivity index (χ2v) is 2.36. The summed E-state index contributed by atoms with van der Waals surface area (Å²) < 4.78 is 0. The molecular weight excluding hydrogens is 103 g/mol. The van der Waals surface area contributed by atoms with Gasteiger partial charge in [0.25, 0.3) is 0 Å². The van der Waals surface area contributed by atoms with E-state index in [-0.39, 0.29) is 18.9 Å². The molecule has 0 heterocycles. The smallest absolute Gasteiger partial charge is 0.501 e. The number of allylic oxidation sites excluding steroid dienone is 2. The van der Waals surface area contributed by atoms with Crippen molar-refractivity contribution in [2.45, 2.75) is 38.5 Å². The van der Waals surface area contributed by atoms with Crippen LogP contribution in [0.25, 0.3) is 0 Å². The fourth-order valence-electron chi connectivity index (χ4n) is 1.03. The van der Waals surface area contributed by atoms with Crippen molar-refractivity contribution in [2.75, 3.05) is 0 Å². The molecule has 0 unspecified atom stereocenters. The Bertz CT molecular complexity index is 66.6. The van der Waals surface area contributed by atoms with Gasteiger partial charge in [-0.05, 0) is 0 Å². The van der Waals surface area contributed by atoms with Gasteiger partial charge < -0.3 is 6.08 Å². The van der Waals surface area contributed by atoms with Gasteiger partial charge in [0.2, 0.25) is 0 Å². The molecule has 1 heteroatoms. The van der Waals surface area contributed by atoms with E-state index in [4.69, 9.17) is 0 Å². The Morgan fingerprint density at radius 3 is 2.67 bits per heavy atom. The molecule has 0 aromatic heterocycles. The molecule has 0 radical (unpaired) electrons. The molecular formula is C8H13Li. The van der Waals surface area contributed by atoms with E-state index >= 15 is 0 Å². The number of hydrogen-bond donors (Lipinski definition) is 0. The third-order valence-corrected chi connectivity index (χ3v) is 1.56. The minimum atomic E-state index is 0. The standard InChI is InChI=1S/C8H13.Li/c1-2-4-6-8-7-5-3-1;/h1H,2,4-8H2;/q-1;+1. The first kappa shape index (κ1) is 9.34. The normalized spacial score (nSPS) is 19.6. The fourth-order valence-corrected chi connectivity index (χ4v) is 1.03. The maximum absolute atomic E-state index is 3.26. The van der Waals surface area contributed by atoms with Gasteiger partial charge in [-0.3, -0.25) is 6.08 Å². The third-order valence-electron chi connectivity index (χ3n) is 1.56. The van der Waals surface area contributed by atoms with Gasteiger partial charge in [0.05, 0.1) is 0 Å². The van der Waals surface area contributed by atoms with E-state index in [0.717, 1.165) is 0 Å². The Labute approximate surface area is 69.9 Å². The van der Waals surface area contributed by atoms with Crippen molar-refractivity contribution in [1.82, 2.24) is 0 Å². The minimum Gasteiger partial charge on any atom is -0.501 e. The Morgan fingerprint density at radius 1 is 1.00 bits per heavy atom. The summed E-state index contributed by atoms with van der Waals surface area (Å²) in [6, 6.07) is 0. The maximum atomic E-state index is 3.26. The van der Waals surface area contributed by atoms with Gasteiger partial charge in [0.1, 0.15) is 0 Å². The van der Waals surface area contributed by atoms with Crippen molar-refractivity contribution < 1.29 is 18.9 Å².